The van der Waals surface area contributed by atoms with Gasteiger partial charge in [0, 0.05) is 51.9 Å². The van der Waals surface area contributed by atoms with E-state index in [-0.39, 0.29) is 11.8 Å². The first-order valence-corrected chi connectivity index (χ1v) is 11.7. The number of carbonyl (C=O) groups is 2. The standard InChI is InChI=1S/C26H29N5O3/c1-34-22-9-5-8-21(16-22)19-30-14-15-31-24(26(30)33)17-23(27-31)25(32)29-12-10-28(11-13-29)18-20-6-3-2-4-7-20/h2-9,16-17H,10-15,18-19H2,1H3. The average molecular weight is 460 g/mol. The normalized spacial score (nSPS) is 16.4. The minimum atomic E-state index is -0.103. The Bertz CT molecular complexity index is 1170. The van der Waals surface area contributed by atoms with Gasteiger partial charge in [-0.1, -0.05) is 42.5 Å². The molecule has 0 N–H and O–H groups in total. The molecule has 2 aromatic carbocycles. The summed E-state index contributed by atoms with van der Waals surface area (Å²) in [6.07, 6.45) is 0. The third-order valence-electron chi connectivity index (χ3n) is 6.50. The lowest BCUT2D eigenvalue weighted by atomic mass is 10.1. The van der Waals surface area contributed by atoms with Crippen molar-refractivity contribution < 1.29 is 14.3 Å². The fourth-order valence-corrected chi connectivity index (χ4v) is 4.60. The predicted octanol–water partition coefficient (Wildman–Crippen LogP) is 2.51. The van der Waals surface area contributed by atoms with Crippen molar-refractivity contribution in [1.82, 2.24) is 24.5 Å². The lowest BCUT2D eigenvalue weighted by Gasteiger charge is -2.34. The van der Waals surface area contributed by atoms with Crippen LogP contribution in [0.4, 0.5) is 0 Å². The zero-order valence-electron chi connectivity index (χ0n) is 19.4. The molecule has 2 amide bonds. The molecular formula is C26H29N5O3. The molecule has 3 aromatic rings. The number of fused-ring (bicyclic) bond motifs is 1. The van der Waals surface area contributed by atoms with Gasteiger partial charge in [0.25, 0.3) is 11.8 Å². The summed E-state index contributed by atoms with van der Waals surface area (Å²) in [7, 11) is 1.63. The van der Waals surface area contributed by atoms with Gasteiger partial charge in [-0.2, -0.15) is 5.10 Å². The molecule has 0 bridgehead atoms. The lowest BCUT2D eigenvalue weighted by Crippen LogP contribution is -2.48. The molecule has 0 saturated carbocycles. The zero-order chi connectivity index (χ0) is 23.5. The van der Waals surface area contributed by atoms with Crippen LogP contribution in [-0.2, 0) is 19.6 Å². The molecule has 8 heteroatoms. The fourth-order valence-electron chi connectivity index (χ4n) is 4.60. The molecule has 8 nitrogen and oxygen atoms in total. The Labute approximate surface area is 199 Å². The highest BCUT2D eigenvalue weighted by Gasteiger charge is 2.30. The number of methoxy groups -OCH3 is 1. The van der Waals surface area contributed by atoms with E-state index >= 15 is 0 Å². The van der Waals surface area contributed by atoms with E-state index in [0.717, 1.165) is 30.9 Å². The van der Waals surface area contributed by atoms with E-state index in [4.69, 9.17) is 4.74 Å². The van der Waals surface area contributed by atoms with Crippen LogP contribution >= 0.6 is 0 Å². The second kappa shape index (κ2) is 9.69. The summed E-state index contributed by atoms with van der Waals surface area (Å²) in [6, 6.07) is 19.7. The summed E-state index contributed by atoms with van der Waals surface area (Å²) < 4.78 is 6.96. The molecule has 176 valence electrons. The summed E-state index contributed by atoms with van der Waals surface area (Å²) in [4.78, 5) is 32.2. The van der Waals surface area contributed by atoms with Crippen molar-refractivity contribution in [1.29, 1.82) is 0 Å². The van der Waals surface area contributed by atoms with Gasteiger partial charge in [-0.15, -0.1) is 0 Å². The Morgan fingerprint density at radius 1 is 0.882 bits per heavy atom. The summed E-state index contributed by atoms with van der Waals surface area (Å²) in [5.41, 5.74) is 3.11. The maximum absolute atomic E-state index is 13.1. The molecule has 5 rings (SSSR count). The van der Waals surface area contributed by atoms with Gasteiger partial charge in [0.05, 0.1) is 13.7 Å². The molecule has 0 radical (unpaired) electrons. The Balaban J connectivity index is 1.21. The van der Waals surface area contributed by atoms with Crippen molar-refractivity contribution in [3.05, 3.63) is 83.2 Å². The number of rotatable bonds is 6. The maximum Gasteiger partial charge on any atom is 0.274 e. The van der Waals surface area contributed by atoms with Crippen LogP contribution in [0.3, 0.4) is 0 Å². The van der Waals surface area contributed by atoms with Gasteiger partial charge in [0.2, 0.25) is 0 Å². The van der Waals surface area contributed by atoms with Crippen LogP contribution in [0.15, 0.2) is 60.7 Å². The summed E-state index contributed by atoms with van der Waals surface area (Å²) in [6.45, 7) is 5.46. The number of ether oxygens (including phenoxy) is 1. The monoisotopic (exact) mass is 459 g/mol. The van der Waals surface area contributed by atoms with E-state index in [0.29, 0.717) is 44.1 Å². The zero-order valence-corrected chi connectivity index (χ0v) is 19.4. The van der Waals surface area contributed by atoms with Crippen molar-refractivity contribution in [2.75, 3.05) is 39.8 Å². The molecule has 0 aliphatic carbocycles. The minimum Gasteiger partial charge on any atom is -0.497 e. The highest BCUT2D eigenvalue weighted by molar-refractivity contribution is 5.98. The van der Waals surface area contributed by atoms with Crippen LogP contribution in [0.5, 0.6) is 5.75 Å². The largest absolute Gasteiger partial charge is 0.497 e. The number of aromatic nitrogens is 2. The second-order valence-electron chi connectivity index (χ2n) is 8.77. The first kappa shape index (κ1) is 22.2. The fraction of sp³-hybridized carbons (Fsp3) is 0.346. The number of hydrogen-bond acceptors (Lipinski definition) is 5. The second-order valence-corrected chi connectivity index (χ2v) is 8.77. The molecule has 1 saturated heterocycles. The Morgan fingerprint density at radius 2 is 1.65 bits per heavy atom. The molecule has 2 aliphatic heterocycles. The van der Waals surface area contributed by atoms with Crippen LogP contribution in [-0.4, -0.2) is 76.1 Å². The van der Waals surface area contributed by atoms with Crippen molar-refractivity contribution in [3.8, 4) is 5.75 Å². The van der Waals surface area contributed by atoms with Gasteiger partial charge < -0.3 is 14.5 Å². The number of nitrogens with zero attached hydrogens (tertiary/aromatic N) is 5. The summed E-state index contributed by atoms with van der Waals surface area (Å²) >= 11 is 0. The molecule has 0 spiro atoms. The lowest BCUT2D eigenvalue weighted by molar-refractivity contribution is 0.0619. The van der Waals surface area contributed by atoms with Crippen LogP contribution < -0.4 is 4.74 Å². The topological polar surface area (TPSA) is 70.9 Å². The van der Waals surface area contributed by atoms with Crippen LogP contribution in [0.1, 0.15) is 32.1 Å². The van der Waals surface area contributed by atoms with E-state index < -0.39 is 0 Å². The molecule has 0 atom stereocenters. The first-order valence-electron chi connectivity index (χ1n) is 11.7. The molecular weight excluding hydrogens is 430 g/mol. The van der Waals surface area contributed by atoms with Gasteiger partial charge in [0.1, 0.15) is 11.4 Å². The van der Waals surface area contributed by atoms with Gasteiger partial charge in [-0.25, -0.2) is 0 Å². The SMILES string of the molecule is COc1cccc(CN2CCn3nc(C(=O)N4CCN(Cc5ccccc5)CC4)cc3C2=O)c1. The number of carbonyl (C=O) groups excluding carboxylic acids is 2. The van der Waals surface area contributed by atoms with E-state index in [1.807, 2.05) is 35.2 Å². The van der Waals surface area contributed by atoms with Gasteiger partial charge in [-0.05, 0) is 23.3 Å². The third-order valence-corrected chi connectivity index (χ3v) is 6.50. The quantitative estimate of drug-likeness (QED) is 0.567. The number of piperazine rings is 1. The van der Waals surface area contributed by atoms with E-state index in [1.54, 1.807) is 22.8 Å². The van der Waals surface area contributed by atoms with E-state index in [9.17, 15) is 9.59 Å². The Hall–Kier alpha value is -3.65. The van der Waals surface area contributed by atoms with Crippen molar-refractivity contribution in [3.63, 3.8) is 0 Å². The molecule has 1 aromatic heterocycles. The van der Waals surface area contributed by atoms with Crippen molar-refractivity contribution in [2.45, 2.75) is 19.6 Å². The van der Waals surface area contributed by atoms with E-state index in [1.165, 1.54) is 5.56 Å². The summed E-state index contributed by atoms with van der Waals surface area (Å²) in [5.74, 6) is 0.561. The van der Waals surface area contributed by atoms with Crippen molar-refractivity contribution >= 4 is 11.8 Å². The minimum absolute atomic E-state index is 0.103. The molecule has 0 unspecified atom stereocenters. The van der Waals surface area contributed by atoms with Crippen LogP contribution in [0.25, 0.3) is 0 Å². The Kier molecular flexibility index (Phi) is 6.31. The molecule has 1 fully saturated rings. The highest BCUT2D eigenvalue weighted by Crippen LogP contribution is 2.20. The number of amides is 2. The molecule has 2 aliphatic rings. The van der Waals surface area contributed by atoms with Crippen LogP contribution in [0, 0.1) is 0 Å². The maximum atomic E-state index is 13.1. The predicted molar refractivity (Wildman–Crippen MR) is 128 cm³/mol. The van der Waals surface area contributed by atoms with Gasteiger partial charge in [0.15, 0.2) is 5.69 Å². The van der Waals surface area contributed by atoms with Gasteiger partial charge >= 0.3 is 0 Å². The number of benzene rings is 2. The third kappa shape index (κ3) is 4.68. The van der Waals surface area contributed by atoms with Crippen molar-refractivity contribution in [2.24, 2.45) is 0 Å². The summed E-state index contributed by atoms with van der Waals surface area (Å²) in [5, 5.41) is 4.48. The molecule has 34 heavy (non-hydrogen) atoms. The number of hydrogen-bond donors (Lipinski definition) is 0. The van der Waals surface area contributed by atoms with Gasteiger partial charge in [-0.3, -0.25) is 19.2 Å². The first-order chi connectivity index (χ1) is 16.6. The smallest absolute Gasteiger partial charge is 0.274 e. The Morgan fingerprint density at radius 3 is 2.41 bits per heavy atom. The highest BCUT2D eigenvalue weighted by atomic mass is 16.5. The van der Waals surface area contributed by atoms with E-state index in [2.05, 4.69) is 34.3 Å². The average Bonchev–Trinajstić information content (AvgIpc) is 3.32. The molecule has 3 heterocycles. The van der Waals surface area contributed by atoms with Crippen LogP contribution in [0.2, 0.25) is 0 Å².